The van der Waals surface area contributed by atoms with Crippen LogP contribution < -0.4 is 10.1 Å². The van der Waals surface area contributed by atoms with Crippen LogP contribution in [0.5, 0.6) is 5.75 Å². The van der Waals surface area contributed by atoms with Gasteiger partial charge in [0.1, 0.15) is 19.0 Å². The lowest BCUT2D eigenvalue weighted by Crippen LogP contribution is -2.28. The first-order chi connectivity index (χ1) is 13.2. The minimum Gasteiger partial charge on any atom is -0.489 e. The molecule has 0 bridgehead atoms. The van der Waals surface area contributed by atoms with Gasteiger partial charge < -0.3 is 19.2 Å². The second kappa shape index (κ2) is 9.19. The van der Waals surface area contributed by atoms with Crippen LogP contribution in [0.3, 0.4) is 0 Å². The quantitative estimate of drug-likeness (QED) is 0.487. The third kappa shape index (κ3) is 5.18. The van der Waals surface area contributed by atoms with Crippen LogP contribution in [0.4, 0.5) is 0 Å². The summed E-state index contributed by atoms with van der Waals surface area (Å²) in [7, 11) is 0. The molecule has 7 heteroatoms. The van der Waals surface area contributed by atoms with E-state index in [2.05, 4.69) is 10.3 Å². The molecule has 1 aromatic carbocycles. The molecule has 0 aliphatic heterocycles. The number of ether oxygens (including phenoxy) is 2. The minimum absolute atomic E-state index is 0.0232. The van der Waals surface area contributed by atoms with Crippen molar-refractivity contribution < 1.29 is 23.5 Å². The molecule has 0 saturated carbocycles. The predicted molar refractivity (Wildman–Crippen MR) is 96.3 cm³/mol. The molecule has 0 fully saturated rings. The van der Waals surface area contributed by atoms with Crippen molar-refractivity contribution in [3.8, 4) is 5.75 Å². The van der Waals surface area contributed by atoms with Crippen LogP contribution in [0.1, 0.15) is 26.5 Å². The Kier molecular flexibility index (Phi) is 6.19. The first-order valence-electron chi connectivity index (χ1n) is 8.33. The van der Waals surface area contributed by atoms with Crippen molar-refractivity contribution in [3.63, 3.8) is 0 Å². The van der Waals surface area contributed by atoms with Gasteiger partial charge in [-0.3, -0.25) is 9.78 Å². The number of rotatable bonds is 8. The Labute approximate surface area is 155 Å². The Morgan fingerprint density at radius 3 is 2.59 bits per heavy atom. The summed E-state index contributed by atoms with van der Waals surface area (Å²) >= 11 is 0. The first kappa shape index (κ1) is 18.2. The molecule has 0 spiro atoms. The average molecular weight is 366 g/mol. The van der Waals surface area contributed by atoms with Crippen LogP contribution in [-0.4, -0.2) is 30.0 Å². The number of aromatic nitrogens is 1. The van der Waals surface area contributed by atoms with Crippen molar-refractivity contribution in [1.82, 2.24) is 10.3 Å². The van der Waals surface area contributed by atoms with E-state index in [1.165, 1.54) is 18.7 Å². The van der Waals surface area contributed by atoms with Crippen LogP contribution in [0.2, 0.25) is 0 Å². The third-order valence-corrected chi connectivity index (χ3v) is 3.63. The maximum absolute atomic E-state index is 12.2. The fourth-order valence-electron chi connectivity index (χ4n) is 2.29. The topological polar surface area (TPSA) is 90.7 Å². The fraction of sp³-hybridized carbons (Fsp3) is 0.150. The molecular formula is C20H18N2O5. The molecule has 3 aromatic rings. The number of esters is 1. The molecular weight excluding hydrogens is 348 g/mol. The lowest BCUT2D eigenvalue weighted by Gasteiger charge is -2.08. The summed E-state index contributed by atoms with van der Waals surface area (Å²) in [5, 5.41) is 2.66. The van der Waals surface area contributed by atoms with Gasteiger partial charge in [0, 0.05) is 23.5 Å². The zero-order chi connectivity index (χ0) is 18.9. The maximum atomic E-state index is 12.2. The number of hydrogen-bond donors (Lipinski definition) is 1. The van der Waals surface area contributed by atoms with Gasteiger partial charge in [-0.2, -0.15) is 0 Å². The first-order valence-corrected chi connectivity index (χ1v) is 8.33. The lowest BCUT2D eigenvalue weighted by molar-refractivity contribution is 0.0464. The number of hydrogen-bond acceptors (Lipinski definition) is 6. The van der Waals surface area contributed by atoms with Crippen molar-refractivity contribution in [1.29, 1.82) is 0 Å². The highest BCUT2D eigenvalue weighted by Crippen LogP contribution is 2.16. The summed E-state index contributed by atoms with van der Waals surface area (Å²) in [4.78, 5) is 27.9. The summed E-state index contributed by atoms with van der Waals surface area (Å²) < 4.78 is 16.0. The number of pyridine rings is 1. The van der Waals surface area contributed by atoms with E-state index in [1.54, 1.807) is 18.2 Å². The van der Waals surface area contributed by atoms with E-state index in [9.17, 15) is 9.59 Å². The number of nitrogens with zero attached hydrogens (tertiary/aromatic N) is 1. The van der Waals surface area contributed by atoms with Crippen LogP contribution >= 0.6 is 0 Å². The van der Waals surface area contributed by atoms with Gasteiger partial charge in [-0.25, -0.2) is 4.79 Å². The van der Waals surface area contributed by atoms with Crippen molar-refractivity contribution in [2.75, 3.05) is 13.2 Å². The molecule has 7 nitrogen and oxygen atoms in total. The van der Waals surface area contributed by atoms with E-state index < -0.39 is 5.97 Å². The number of carbonyl (C=O) groups is 2. The molecule has 1 amide bonds. The van der Waals surface area contributed by atoms with Crippen LogP contribution in [0, 0.1) is 0 Å². The average Bonchev–Trinajstić information content (AvgIpc) is 3.19. The lowest BCUT2D eigenvalue weighted by atomic mass is 10.2. The van der Waals surface area contributed by atoms with Gasteiger partial charge in [-0.1, -0.05) is 18.2 Å². The Balaban J connectivity index is 1.45. The Morgan fingerprint density at radius 1 is 1.04 bits per heavy atom. The molecule has 0 radical (unpaired) electrons. The van der Waals surface area contributed by atoms with Gasteiger partial charge in [0.2, 0.25) is 5.76 Å². The molecule has 2 heterocycles. The molecule has 2 aromatic heterocycles. The molecule has 138 valence electrons. The highest BCUT2D eigenvalue weighted by molar-refractivity contribution is 5.94. The summed E-state index contributed by atoms with van der Waals surface area (Å²) in [6.45, 7) is 0.391. The Bertz CT molecular complexity index is 878. The molecule has 1 N–H and O–H groups in total. The van der Waals surface area contributed by atoms with Crippen LogP contribution in [0.15, 0.2) is 71.6 Å². The normalized spacial score (nSPS) is 10.2. The van der Waals surface area contributed by atoms with Crippen LogP contribution in [-0.2, 0) is 11.3 Å². The number of nitrogens with one attached hydrogen (secondary N) is 1. The summed E-state index contributed by atoms with van der Waals surface area (Å²) in [5.41, 5.74) is 1.08. The van der Waals surface area contributed by atoms with E-state index in [0.717, 1.165) is 0 Å². The number of amides is 1. The smallest absolute Gasteiger partial charge is 0.374 e. The minimum atomic E-state index is -0.607. The zero-order valence-corrected chi connectivity index (χ0v) is 14.5. The van der Waals surface area contributed by atoms with E-state index in [1.807, 2.05) is 30.3 Å². The Morgan fingerprint density at radius 2 is 1.81 bits per heavy atom. The van der Waals surface area contributed by atoms with E-state index in [-0.39, 0.29) is 31.4 Å². The van der Waals surface area contributed by atoms with Crippen molar-refractivity contribution >= 4 is 11.9 Å². The summed E-state index contributed by atoms with van der Waals surface area (Å²) in [6.07, 6.45) is 4.47. The number of benzene rings is 1. The van der Waals surface area contributed by atoms with Gasteiger partial charge in [-0.05, 0) is 30.3 Å². The zero-order valence-electron chi connectivity index (χ0n) is 14.5. The van der Waals surface area contributed by atoms with E-state index in [0.29, 0.717) is 16.9 Å². The monoisotopic (exact) mass is 366 g/mol. The number of furan rings is 1. The van der Waals surface area contributed by atoms with Gasteiger partial charge >= 0.3 is 5.97 Å². The summed E-state index contributed by atoms with van der Waals surface area (Å²) in [5.74, 6) is -0.0866. The molecule has 0 unspecified atom stereocenters. The molecule has 27 heavy (non-hydrogen) atoms. The van der Waals surface area contributed by atoms with Gasteiger partial charge in [-0.15, -0.1) is 0 Å². The van der Waals surface area contributed by atoms with Crippen molar-refractivity contribution in [2.45, 2.75) is 6.61 Å². The van der Waals surface area contributed by atoms with E-state index in [4.69, 9.17) is 13.9 Å². The third-order valence-electron chi connectivity index (χ3n) is 3.63. The largest absolute Gasteiger partial charge is 0.489 e. The number of carbonyl (C=O) groups excluding carboxylic acids is 2. The van der Waals surface area contributed by atoms with Crippen molar-refractivity contribution in [2.24, 2.45) is 0 Å². The second-order valence-electron chi connectivity index (χ2n) is 5.50. The van der Waals surface area contributed by atoms with Gasteiger partial charge in [0.25, 0.3) is 5.91 Å². The van der Waals surface area contributed by atoms with E-state index >= 15 is 0 Å². The Hall–Kier alpha value is -3.61. The second-order valence-corrected chi connectivity index (χ2v) is 5.50. The summed E-state index contributed by atoms with van der Waals surface area (Å²) in [6, 6.07) is 14.1. The van der Waals surface area contributed by atoms with Crippen LogP contribution in [0.25, 0.3) is 0 Å². The number of para-hydroxylation sites is 1. The highest BCUT2D eigenvalue weighted by Gasteiger charge is 2.17. The molecule has 0 saturated heterocycles. The van der Waals surface area contributed by atoms with Gasteiger partial charge in [0.15, 0.2) is 0 Å². The maximum Gasteiger partial charge on any atom is 0.374 e. The molecule has 0 aliphatic carbocycles. The fourth-order valence-corrected chi connectivity index (χ4v) is 2.29. The van der Waals surface area contributed by atoms with Gasteiger partial charge in [0.05, 0.1) is 12.8 Å². The molecule has 3 rings (SSSR count). The van der Waals surface area contributed by atoms with Crippen molar-refractivity contribution in [3.05, 3.63) is 84.1 Å². The molecule has 0 aliphatic rings. The standard InChI is InChI=1S/C20H18N2O5/c23-19(15-6-9-21-10-7-15)22-11-13-26-20(24)18-16(8-12-25-18)14-27-17-4-2-1-3-5-17/h1-10,12H,11,13-14H2,(H,22,23). The predicted octanol–water partition coefficient (Wildman–Crippen LogP) is 2.84. The SMILES string of the molecule is O=C(NCCOC(=O)c1occc1COc1ccccc1)c1ccncc1. The molecule has 0 atom stereocenters. The highest BCUT2D eigenvalue weighted by atomic mass is 16.5.